The molecule has 0 spiro atoms. The average Bonchev–Trinajstić information content (AvgIpc) is 3.30. The van der Waals surface area contributed by atoms with Gasteiger partial charge in [0.1, 0.15) is 21.9 Å². The van der Waals surface area contributed by atoms with Gasteiger partial charge in [-0.05, 0) is 47.0 Å². The molecule has 2 aromatic rings. The Morgan fingerprint density at radius 3 is 2.30 bits per heavy atom. The third kappa shape index (κ3) is 2.50. The van der Waals surface area contributed by atoms with E-state index in [1.165, 1.54) is 12.8 Å². The predicted octanol–water partition coefficient (Wildman–Crippen LogP) is 3.80. The van der Waals surface area contributed by atoms with Crippen LogP contribution in [0.15, 0.2) is 28.9 Å². The number of halogens is 1. The van der Waals surface area contributed by atoms with E-state index in [1.807, 2.05) is 24.3 Å². The average molecular weight is 335 g/mol. The Morgan fingerprint density at radius 2 is 1.75 bits per heavy atom. The SMILES string of the molecule is COc1cccc(OC)c1-c1cc(Br)nc(C2CC2)n1. The molecule has 5 heteroatoms. The number of aromatic nitrogens is 2. The minimum absolute atomic E-state index is 0.493. The highest BCUT2D eigenvalue weighted by atomic mass is 79.9. The second-order valence-electron chi connectivity index (χ2n) is 4.75. The minimum Gasteiger partial charge on any atom is -0.496 e. The molecule has 0 N–H and O–H groups in total. The maximum atomic E-state index is 5.44. The van der Waals surface area contributed by atoms with E-state index in [1.54, 1.807) is 14.2 Å². The van der Waals surface area contributed by atoms with Gasteiger partial charge >= 0.3 is 0 Å². The van der Waals surface area contributed by atoms with Crippen molar-refractivity contribution in [1.29, 1.82) is 0 Å². The number of ether oxygens (including phenoxy) is 2. The van der Waals surface area contributed by atoms with Crippen molar-refractivity contribution in [2.24, 2.45) is 0 Å². The Balaban J connectivity index is 2.17. The topological polar surface area (TPSA) is 44.2 Å². The van der Waals surface area contributed by atoms with Crippen molar-refractivity contribution < 1.29 is 9.47 Å². The number of hydrogen-bond donors (Lipinski definition) is 0. The lowest BCUT2D eigenvalue weighted by atomic mass is 10.1. The fourth-order valence-electron chi connectivity index (χ4n) is 2.19. The maximum Gasteiger partial charge on any atom is 0.133 e. The highest BCUT2D eigenvalue weighted by Crippen LogP contribution is 2.42. The summed E-state index contributed by atoms with van der Waals surface area (Å²) < 4.78 is 11.7. The van der Waals surface area contributed by atoms with E-state index in [2.05, 4.69) is 25.9 Å². The molecule has 1 saturated carbocycles. The summed E-state index contributed by atoms with van der Waals surface area (Å²) in [5.74, 6) is 2.88. The molecule has 0 saturated heterocycles. The van der Waals surface area contributed by atoms with Gasteiger partial charge in [-0.1, -0.05) is 6.07 Å². The number of methoxy groups -OCH3 is 2. The molecule has 3 rings (SSSR count). The first-order chi connectivity index (χ1) is 9.72. The Bertz CT molecular complexity index is 620. The Kier molecular flexibility index (Phi) is 3.61. The number of hydrogen-bond acceptors (Lipinski definition) is 4. The van der Waals surface area contributed by atoms with Gasteiger partial charge in [0.2, 0.25) is 0 Å². The fraction of sp³-hybridized carbons (Fsp3) is 0.333. The molecule has 0 unspecified atom stereocenters. The van der Waals surface area contributed by atoms with E-state index in [-0.39, 0.29) is 0 Å². The summed E-state index contributed by atoms with van der Waals surface area (Å²) >= 11 is 3.47. The molecule has 1 aliphatic rings. The van der Waals surface area contributed by atoms with Crippen LogP contribution in [-0.4, -0.2) is 24.2 Å². The van der Waals surface area contributed by atoms with E-state index in [4.69, 9.17) is 9.47 Å². The van der Waals surface area contributed by atoms with Crippen LogP contribution in [0.5, 0.6) is 11.5 Å². The van der Waals surface area contributed by atoms with E-state index < -0.39 is 0 Å². The van der Waals surface area contributed by atoms with Crippen molar-refractivity contribution in [3.8, 4) is 22.8 Å². The smallest absolute Gasteiger partial charge is 0.133 e. The van der Waals surface area contributed by atoms with Gasteiger partial charge in [-0.25, -0.2) is 9.97 Å². The molecular formula is C15H15BrN2O2. The highest BCUT2D eigenvalue weighted by Gasteiger charge is 2.28. The summed E-state index contributed by atoms with van der Waals surface area (Å²) in [5, 5.41) is 0. The van der Waals surface area contributed by atoms with E-state index in [9.17, 15) is 0 Å². The lowest BCUT2D eigenvalue weighted by Gasteiger charge is -2.13. The molecule has 1 aromatic carbocycles. The molecule has 104 valence electrons. The third-order valence-electron chi connectivity index (χ3n) is 3.34. The zero-order chi connectivity index (χ0) is 14.1. The summed E-state index contributed by atoms with van der Waals surface area (Å²) in [5.41, 5.74) is 1.69. The molecule has 1 aromatic heterocycles. The lowest BCUT2D eigenvalue weighted by Crippen LogP contribution is -1.99. The second kappa shape index (κ2) is 5.40. The van der Waals surface area contributed by atoms with Crippen LogP contribution in [0.3, 0.4) is 0 Å². The first kappa shape index (κ1) is 13.4. The first-order valence-corrected chi connectivity index (χ1v) is 7.28. The normalized spacial score (nSPS) is 14.2. The van der Waals surface area contributed by atoms with Gasteiger partial charge in [-0.15, -0.1) is 0 Å². The Hall–Kier alpha value is -1.62. The van der Waals surface area contributed by atoms with Crippen LogP contribution in [0.1, 0.15) is 24.6 Å². The van der Waals surface area contributed by atoms with Gasteiger partial charge < -0.3 is 9.47 Å². The molecule has 0 radical (unpaired) electrons. The predicted molar refractivity (Wildman–Crippen MR) is 80.2 cm³/mol. The van der Waals surface area contributed by atoms with Gasteiger partial charge in [0, 0.05) is 5.92 Å². The quantitative estimate of drug-likeness (QED) is 0.797. The van der Waals surface area contributed by atoms with Gasteiger partial charge in [-0.3, -0.25) is 0 Å². The molecular weight excluding hydrogens is 320 g/mol. The molecule has 1 heterocycles. The molecule has 1 fully saturated rings. The van der Waals surface area contributed by atoms with Crippen LogP contribution in [-0.2, 0) is 0 Å². The van der Waals surface area contributed by atoms with E-state index >= 15 is 0 Å². The molecule has 0 atom stereocenters. The number of rotatable bonds is 4. The van der Waals surface area contributed by atoms with E-state index in [0.717, 1.165) is 33.2 Å². The highest BCUT2D eigenvalue weighted by molar-refractivity contribution is 9.10. The Labute approximate surface area is 126 Å². The van der Waals surface area contributed by atoms with Gasteiger partial charge in [0.25, 0.3) is 0 Å². The zero-order valence-corrected chi connectivity index (χ0v) is 13.0. The summed E-state index contributed by atoms with van der Waals surface area (Å²) in [7, 11) is 3.30. The lowest BCUT2D eigenvalue weighted by molar-refractivity contribution is 0.397. The van der Waals surface area contributed by atoms with Crippen LogP contribution < -0.4 is 9.47 Å². The van der Waals surface area contributed by atoms with Crippen molar-refractivity contribution in [2.45, 2.75) is 18.8 Å². The zero-order valence-electron chi connectivity index (χ0n) is 11.4. The second-order valence-corrected chi connectivity index (χ2v) is 5.56. The number of nitrogens with zero attached hydrogens (tertiary/aromatic N) is 2. The van der Waals surface area contributed by atoms with Crippen molar-refractivity contribution in [3.05, 3.63) is 34.7 Å². The third-order valence-corrected chi connectivity index (χ3v) is 3.74. The van der Waals surface area contributed by atoms with Gasteiger partial charge in [0.15, 0.2) is 0 Å². The summed E-state index contributed by atoms with van der Waals surface area (Å²) in [4.78, 5) is 9.14. The van der Waals surface area contributed by atoms with Gasteiger partial charge in [0.05, 0.1) is 25.5 Å². The monoisotopic (exact) mass is 334 g/mol. The maximum absolute atomic E-state index is 5.44. The fourth-order valence-corrected chi connectivity index (χ4v) is 2.59. The summed E-state index contributed by atoms with van der Waals surface area (Å²) in [6.45, 7) is 0. The van der Waals surface area contributed by atoms with E-state index in [0.29, 0.717) is 5.92 Å². The molecule has 0 amide bonds. The van der Waals surface area contributed by atoms with Crippen LogP contribution in [0, 0.1) is 0 Å². The number of benzene rings is 1. The Morgan fingerprint density at radius 1 is 1.10 bits per heavy atom. The van der Waals surface area contributed by atoms with Crippen molar-refractivity contribution >= 4 is 15.9 Å². The molecule has 4 nitrogen and oxygen atoms in total. The van der Waals surface area contributed by atoms with Crippen molar-refractivity contribution in [1.82, 2.24) is 9.97 Å². The minimum atomic E-state index is 0.493. The van der Waals surface area contributed by atoms with Crippen LogP contribution in [0.2, 0.25) is 0 Å². The first-order valence-electron chi connectivity index (χ1n) is 6.48. The van der Waals surface area contributed by atoms with Crippen LogP contribution in [0.25, 0.3) is 11.3 Å². The molecule has 0 bridgehead atoms. The summed E-state index contributed by atoms with van der Waals surface area (Å²) in [6, 6.07) is 7.61. The standard InChI is InChI=1S/C15H15BrN2O2/c1-19-11-4-3-5-12(20-2)14(11)10-8-13(16)18-15(17-10)9-6-7-9/h3-5,8-9H,6-7H2,1-2H3. The molecule has 0 aliphatic heterocycles. The van der Waals surface area contributed by atoms with Gasteiger partial charge in [-0.2, -0.15) is 0 Å². The van der Waals surface area contributed by atoms with Crippen molar-refractivity contribution in [3.63, 3.8) is 0 Å². The van der Waals surface area contributed by atoms with Crippen LogP contribution in [0.4, 0.5) is 0 Å². The molecule has 20 heavy (non-hydrogen) atoms. The van der Waals surface area contributed by atoms with Crippen molar-refractivity contribution in [2.75, 3.05) is 14.2 Å². The summed E-state index contributed by atoms with van der Waals surface area (Å²) in [6.07, 6.45) is 2.33. The van der Waals surface area contributed by atoms with Crippen LogP contribution >= 0.6 is 15.9 Å². The largest absolute Gasteiger partial charge is 0.496 e. The molecule has 1 aliphatic carbocycles.